The molecule has 1 N–H and O–H groups in total. The molecule has 1 atom stereocenters. The van der Waals surface area contributed by atoms with Crippen molar-refractivity contribution in [3.05, 3.63) is 23.4 Å². The maximum absolute atomic E-state index is 12.8. The van der Waals surface area contributed by atoms with Gasteiger partial charge in [0.1, 0.15) is 5.60 Å². The molecule has 1 unspecified atom stereocenters. The molecule has 3 heterocycles. The monoisotopic (exact) mass is 396 g/mol. The SMILES string of the molecule is [2H]C([2H])([2H])C(OC(=O)N1CCC2(CC1)CC2CCC(=O)N1CC2=C(CNC=C2)C1)(C([2H])([2H])[2H])C([2H])([2H])[2H]. The highest BCUT2D eigenvalue weighted by Crippen LogP contribution is 2.61. The number of piperidine rings is 1. The lowest BCUT2D eigenvalue weighted by Gasteiger charge is -2.34. The van der Waals surface area contributed by atoms with Gasteiger partial charge in [-0.05, 0) is 81.0 Å². The molecule has 0 radical (unpaired) electrons. The minimum atomic E-state index is -3.63. The Morgan fingerprint density at radius 3 is 2.79 bits per heavy atom. The second kappa shape index (κ2) is 7.12. The first-order chi connectivity index (χ1) is 17.0. The lowest BCUT2D eigenvalue weighted by molar-refractivity contribution is -0.130. The van der Waals surface area contributed by atoms with Crippen molar-refractivity contribution in [1.29, 1.82) is 0 Å². The lowest BCUT2D eigenvalue weighted by atomic mass is 9.89. The standard InChI is InChI=1S/C22H33N3O3/c1-21(2,3)28-20(27)24-10-7-22(8-11-24)12-18(22)4-5-19(26)25-14-16-6-9-23-13-17(16)15-25/h6,9,18,23H,4-5,7-8,10-15H2,1-3H3/i1D3,2D3,3D3. The first-order valence-corrected chi connectivity index (χ1v) is 9.87. The van der Waals surface area contributed by atoms with Gasteiger partial charge < -0.3 is 19.9 Å². The van der Waals surface area contributed by atoms with E-state index < -0.39 is 32.2 Å². The van der Waals surface area contributed by atoms with Crippen molar-refractivity contribution in [3.63, 3.8) is 0 Å². The van der Waals surface area contributed by atoms with Gasteiger partial charge in [0.25, 0.3) is 0 Å². The predicted octanol–water partition coefficient (Wildman–Crippen LogP) is 3.06. The van der Waals surface area contributed by atoms with Crippen LogP contribution in [0.25, 0.3) is 0 Å². The minimum absolute atomic E-state index is 0.0125. The number of rotatable bonds is 3. The van der Waals surface area contributed by atoms with E-state index in [0.717, 1.165) is 19.4 Å². The summed E-state index contributed by atoms with van der Waals surface area (Å²) in [5.41, 5.74) is -1.19. The lowest BCUT2D eigenvalue weighted by Crippen LogP contribution is -2.42. The number of dihydropyridines is 1. The molecule has 1 spiro atoms. The summed E-state index contributed by atoms with van der Waals surface area (Å²) in [6.45, 7) is -8.32. The van der Waals surface area contributed by atoms with Gasteiger partial charge in [-0.25, -0.2) is 4.79 Å². The van der Waals surface area contributed by atoms with Crippen LogP contribution in [0.4, 0.5) is 4.79 Å². The zero-order chi connectivity index (χ0) is 27.4. The van der Waals surface area contributed by atoms with Crippen LogP contribution in [0.1, 0.15) is 65.0 Å². The maximum Gasteiger partial charge on any atom is 0.410 e. The molecular formula is C22H33N3O3. The average molecular weight is 397 g/mol. The molecule has 154 valence electrons. The summed E-state index contributed by atoms with van der Waals surface area (Å²) in [6, 6.07) is 0. The maximum atomic E-state index is 12.8. The van der Waals surface area contributed by atoms with Crippen molar-refractivity contribution >= 4 is 12.0 Å². The van der Waals surface area contributed by atoms with E-state index in [1.807, 2.05) is 17.2 Å². The third-order valence-electron chi connectivity index (χ3n) is 6.59. The molecular weight excluding hydrogens is 354 g/mol. The van der Waals surface area contributed by atoms with Gasteiger partial charge in [0.2, 0.25) is 5.91 Å². The Morgan fingerprint density at radius 1 is 1.29 bits per heavy atom. The first kappa shape index (κ1) is 11.3. The van der Waals surface area contributed by atoms with E-state index in [1.54, 1.807) is 0 Å². The second-order valence-electron chi connectivity index (χ2n) is 8.43. The minimum Gasteiger partial charge on any atom is -0.444 e. The number of likely N-dealkylation sites (tertiary alicyclic amines) is 1. The molecule has 0 aromatic carbocycles. The molecule has 2 amide bonds. The Kier molecular flexibility index (Phi) is 2.87. The van der Waals surface area contributed by atoms with Crippen LogP contribution in [0.15, 0.2) is 23.4 Å². The number of carbonyl (C=O) groups is 2. The fourth-order valence-electron chi connectivity index (χ4n) is 4.80. The number of amides is 2. The third-order valence-corrected chi connectivity index (χ3v) is 6.59. The predicted molar refractivity (Wildman–Crippen MR) is 108 cm³/mol. The van der Waals surface area contributed by atoms with E-state index in [4.69, 9.17) is 17.1 Å². The van der Waals surface area contributed by atoms with Gasteiger partial charge in [-0.15, -0.1) is 0 Å². The van der Waals surface area contributed by atoms with Crippen LogP contribution in [0.5, 0.6) is 0 Å². The van der Waals surface area contributed by atoms with Crippen molar-refractivity contribution in [2.75, 3.05) is 32.7 Å². The highest BCUT2D eigenvalue weighted by atomic mass is 16.6. The Hall–Kier alpha value is -1.98. The third kappa shape index (κ3) is 4.06. The van der Waals surface area contributed by atoms with Crippen molar-refractivity contribution in [3.8, 4) is 0 Å². The van der Waals surface area contributed by atoms with E-state index >= 15 is 0 Å². The van der Waals surface area contributed by atoms with Gasteiger partial charge in [0.15, 0.2) is 0 Å². The van der Waals surface area contributed by atoms with E-state index in [2.05, 4.69) is 5.32 Å². The average Bonchev–Trinajstić information content (AvgIpc) is 3.24. The molecule has 0 bridgehead atoms. The van der Waals surface area contributed by atoms with Gasteiger partial charge in [-0.3, -0.25) is 4.79 Å². The summed E-state index contributed by atoms with van der Waals surface area (Å²) in [6.07, 6.45) is 5.98. The quantitative estimate of drug-likeness (QED) is 0.796. The molecule has 3 aliphatic heterocycles. The van der Waals surface area contributed by atoms with Crippen LogP contribution < -0.4 is 5.32 Å². The van der Waals surface area contributed by atoms with Crippen molar-refractivity contribution in [1.82, 2.24) is 15.1 Å². The highest BCUT2D eigenvalue weighted by Gasteiger charge is 2.54. The molecule has 6 heteroatoms. The van der Waals surface area contributed by atoms with Crippen molar-refractivity contribution in [2.45, 2.75) is 58.3 Å². The van der Waals surface area contributed by atoms with E-state index in [0.29, 0.717) is 38.3 Å². The molecule has 6 nitrogen and oxygen atoms in total. The number of nitrogens with zero attached hydrogens (tertiary/aromatic N) is 2. The largest absolute Gasteiger partial charge is 0.444 e. The van der Waals surface area contributed by atoms with Crippen LogP contribution in [0.2, 0.25) is 0 Å². The van der Waals surface area contributed by atoms with Gasteiger partial charge in [0, 0.05) is 51.5 Å². The Bertz CT molecular complexity index is 956. The van der Waals surface area contributed by atoms with Crippen molar-refractivity contribution in [2.24, 2.45) is 11.3 Å². The summed E-state index contributed by atoms with van der Waals surface area (Å²) in [5, 5.41) is 3.16. The molecule has 28 heavy (non-hydrogen) atoms. The molecule has 1 saturated heterocycles. The summed E-state index contributed by atoms with van der Waals surface area (Å²) >= 11 is 0. The normalized spacial score (nSPS) is 31.7. The van der Waals surface area contributed by atoms with E-state index in [9.17, 15) is 9.59 Å². The second-order valence-corrected chi connectivity index (χ2v) is 8.43. The number of carbonyl (C=O) groups excluding carboxylic acids is 2. The number of nitrogens with one attached hydrogen (secondary N) is 1. The van der Waals surface area contributed by atoms with Gasteiger partial charge in [-0.2, -0.15) is 0 Å². The van der Waals surface area contributed by atoms with Gasteiger partial charge in [0.05, 0.1) is 0 Å². The van der Waals surface area contributed by atoms with Crippen LogP contribution >= 0.6 is 0 Å². The van der Waals surface area contributed by atoms with E-state index in [1.165, 1.54) is 16.0 Å². The zero-order valence-electron chi connectivity index (χ0n) is 24.9. The fraction of sp³-hybridized carbons (Fsp3) is 0.727. The zero-order valence-corrected chi connectivity index (χ0v) is 15.9. The topological polar surface area (TPSA) is 61.9 Å². The van der Waals surface area contributed by atoms with Crippen molar-refractivity contribution < 1.29 is 26.7 Å². The fourth-order valence-corrected chi connectivity index (χ4v) is 4.80. The van der Waals surface area contributed by atoms with Gasteiger partial charge >= 0.3 is 6.09 Å². The molecule has 4 rings (SSSR count). The summed E-state index contributed by atoms with van der Waals surface area (Å²) in [7, 11) is 0. The highest BCUT2D eigenvalue weighted by molar-refractivity contribution is 5.78. The van der Waals surface area contributed by atoms with Crippen LogP contribution in [0.3, 0.4) is 0 Å². The summed E-state index contributed by atoms with van der Waals surface area (Å²) in [4.78, 5) is 28.6. The summed E-state index contributed by atoms with van der Waals surface area (Å²) in [5.74, 6) is 0.466. The van der Waals surface area contributed by atoms with Crippen LogP contribution in [0, 0.1) is 11.3 Å². The molecule has 2 fully saturated rings. The van der Waals surface area contributed by atoms with Gasteiger partial charge in [-0.1, -0.05) is 0 Å². The Morgan fingerprint density at radius 2 is 2.07 bits per heavy atom. The first-order valence-electron chi connectivity index (χ1n) is 14.4. The smallest absolute Gasteiger partial charge is 0.410 e. The van der Waals surface area contributed by atoms with Crippen LogP contribution in [-0.2, 0) is 9.53 Å². The molecule has 1 aliphatic carbocycles. The molecule has 4 aliphatic rings. The molecule has 0 aromatic rings. The number of hydrogen-bond donors (Lipinski definition) is 1. The van der Waals surface area contributed by atoms with E-state index in [-0.39, 0.29) is 24.4 Å². The Balaban J connectivity index is 1.29. The Labute approximate surface area is 180 Å². The summed E-state index contributed by atoms with van der Waals surface area (Å²) < 4.78 is 73.5. The molecule has 1 saturated carbocycles. The molecule has 0 aromatic heterocycles. The number of hydrogen-bond acceptors (Lipinski definition) is 4. The van der Waals surface area contributed by atoms with Crippen LogP contribution in [-0.4, -0.2) is 60.1 Å². The number of ether oxygens (including phenoxy) is 1.